The number of nitrogens with one attached hydrogen (secondary N) is 2. The van der Waals surface area contributed by atoms with Gasteiger partial charge in [-0.15, -0.1) is 0 Å². The van der Waals surface area contributed by atoms with E-state index in [1.54, 1.807) is 12.1 Å². The zero-order valence-corrected chi connectivity index (χ0v) is 12.4. The first-order valence-electron chi connectivity index (χ1n) is 6.18. The van der Waals surface area contributed by atoms with Gasteiger partial charge in [0.15, 0.2) is 0 Å². The molecule has 1 aliphatic carbocycles. The Hall–Kier alpha value is -1.32. The van der Waals surface area contributed by atoms with Crippen LogP contribution in [-0.2, 0) is 20.2 Å². The molecule has 1 fully saturated rings. The Balaban J connectivity index is 2.15. The molecule has 0 heterocycles. The van der Waals surface area contributed by atoms with Gasteiger partial charge in [-0.3, -0.25) is 9.44 Å². The van der Waals surface area contributed by atoms with Gasteiger partial charge in [0.2, 0.25) is 10.0 Å². The van der Waals surface area contributed by atoms with Crippen LogP contribution in [0.2, 0.25) is 0 Å². The fourth-order valence-corrected chi connectivity index (χ4v) is 4.29. The lowest BCUT2D eigenvalue weighted by atomic mass is 10.3. The number of anilines is 2. The molecule has 0 aromatic heterocycles. The molecular formula is C11H17N3O4S2. The van der Waals surface area contributed by atoms with Crippen molar-refractivity contribution in [3.8, 4) is 0 Å². The van der Waals surface area contributed by atoms with E-state index < -0.39 is 20.2 Å². The Morgan fingerprint density at radius 2 is 1.55 bits per heavy atom. The van der Waals surface area contributed by atoms with Crippen molar-refractivity contribution in [1.29, 1.82) is 0 Å². The third-order valence-electron chi connectivity index (χ3n) is 3.12. The Labute approximate surface area is 118 Å². The molecule has 0 spiro atoms. The van der Waals surface area contributed by atoms with Gasteiger partial charge in [0.1, 0.15) is 0 Å². The van der Waals surface area contributed by atoms with Gasteiger partial charge in [-0.25, -0.2) is 13.6 Å². The van der Waals surface area contributed by atoms with Crippen LogP contribution in [0.1, 0.15) is 25.7 Å². The molecule has 0 bridgehead atoms. The monoisotopic (exact) mass is 319 g/mol. The molecule has 0 amide bonds. The van der Waals surface area contributed by atoms with Crippen molar-refractivity contribution in [2.45, 2.75) is 30.9 Å². The Bertz CT molecular complexity index is 679. The summed E-state index contributed by atoms with van der Waals surface area (Å²) in [5.41, 5.74) is 0.518. The molecule has 9 heteroatoms. The molecule has 2 rings (SSSR count). The summed E-state index contributed by atoms with van der Waals surface area (Å²) >= 11 is 0. The van der Waals surface area contributed by atoms with E-state index in [0.29, 0.717) is 18.5 Å². The molecular weight excluding hydrogens is 302 g/mol. The predicted octanol–water partition coefficient (Wildman–Crippen LogP) is 0.986. The van der Waals surface area contributed by atoms with Crippen molar-refractivity contribution < 1.29 is 16.8 Å². The van der Waals surface area contributed by atoms with E-state index >= 15 is 0 Å². The van der Waals surface area contributed by atoms with Crippen LogP contribution in [0.25, 0.3) is 0 Å². The number of sulfonamides is 1. The van der Waals surface area contributed by atoms with Crippen LogP contribution in [0.15, 0.2) is 24.3 Å². The van der Waals surface area contributed by atoms with Crippen LogP contribution in [0.4, 0.5) is 11.4 Å². The predicted molar refractivity (Wildman–Crippen MR) is 78.0 cm³/mol. The van der Waals surface area contributed by atoms with Gasteiger partial charge >= 0.3 is 0 Å². The topological polar surface area (TPSA) is 118 Å². The normalized spacial score (nSPS) is 17.1. The van der Waals surface area contributed by atoms with E-state index in [9.17, 15) is 16.8 Å². The van der Waals surface area contributed by atoms with Crippen molar-refractivity contribution in [3.05, 3.63) is 24.3 Å². The van der Waals surface area contributed by atoms with Gasteiger partial charge in [-0.2, -0.15) is 8.42 Å². The maximum absolute atomic E-state index is 12.1. The van der Waals surface area contributed by atoms with Gasteiger partial charge in [-0.05, 0) is 31.0 Å². The highest BCUT2D eigenvalue weighted by Gasteiger charge is 2.28. The summed E-state index contributed by atoms with van der Waals surface area (Å²) < 4.78 is 50.7. The molecule has 112 valence electrons. The van der Waals surface area contributed by atoms with Crippen LogP contribution in [-0.4, -0.2) is 22.1 Å². The average molecular weight is 319 g/mol. The lowest BCUT2D eigenvalue weighted by Crippen LogP contribution is -2.25. The molecule has 1 aliphatic rings. The summed E-state index contributed by atoms with van der Waals surface area (Å²) in [6, 6.07) is 5.97. The van der Waals surface area contributed by atoms with Crippen molar-refractivity contribution in [3.63, 3.8) is 0 Å². The molecule has 0 unspecified atom stereocenters. The molecule has 1 aromatic rings. The second-order valence-corrected chi connectivity index (χ2v) is 8.04. The van der Waals surface area contributed by atoms with Crippen LogP contribution in [0, 0.1) is 0 Å². The Morgan fingerprint density at radius 1 is 1.00 bits per heavy atom. The standard InChI is InChI=1S/C11H17N3O4S2/c12-20(17,18)14-10-5-3-4-9(8-10)13-19(15,16)11-6-1-2-7-11/h3-5,8,11,13-14H,1-2,6-7H2,(H2,12,17,18). The molecule has 0 saturated heterocycles. The van der Waals surface area contributed by atoms with Crippen molar-refractivity contribution >= 4 is 31.6 Å². The summed E-state index contributed by atoms with van der Waals surface area (Å²) in [7, 11) is -7.31. The highest BCUT2D eigenvalue weighted by Crippen LogP contribution is 2.26. The third kappa shape index (κ3) is 4.09. The molecule has 1 aromatic carbocycles. The molecule has 1 saturated carbocycles. The number of hydrogen-bond donors (Lipinski definition) is 3. The van der Waals surface area contributed by atoms with Gasteiger partial charge in [0.05, 0.1) is 16.6 Å². The number of benzene rings is 1. The van der Waals surface area contributed by atoms with E-state index in [1.807, 2.05) is 0 Å². The van der Waals surface area contributed by atoms with Crippen LogP contribution in [0.3, 0.4) is 0 Å². The smallest absolute Gasteiger partial charge is 0.283 e. The molecule has 0 radical (unpaired) electrons. The SMILES string of the molecule is NS(=O)(=O)Nc1cccc(NS(=O)(=O)C2CCCC2)c1. The third-order valence-corrected chi connectivity index (χ3v) is 5.51. The first kappa shape index (κ1) is 15.1. The molecule has 0 atom stereocenters. The Morgan fingerprint density at radius 3 is 2.10 bits per heavy atom. The molecule has 4 N–H and O–H groups in total. The largest absolute Gasteiger partial charge is 0.296 e. The second-order valence-electron chi connectivity index (χ2n) is 4.78. The minimum atomic E-state index is -3.88. The van der Waals surface area contributed by atoms with Gasteiger partial charge in [-0.1, -0.05) is 18.9 Å². The summed E-state index contributed by atoms with van der Waals surface area (Å²) in [5.74, 6) is 0. The van der Waals surface area contributed by atoms with Crippen LogP contribution >= 0.6 is 0 Å². The highest BCUT2D eigenvalue weighted by atomic mass is 32.2. The van der Waals surface area contributed by atoms with E-state index in [1.165, 1.54) is 12.1 Å². The van der Waals surface area contributed by atoms with Gasteiger partial charge in [0.25, 0.3) is 10.2 Å². The minimum Gasteiger partial charge on any atom is -0.283 e. The summed E-state index contributed by atoms with van der Waals surface area (Å²) in [5, 5.41) is 4.49. The van der Waals surface area contributed by atoms with E-state index in [-0.39, 0.29) is 10.9 Å². The zero-order chi connectivity index (χ0) is 14.8. The van der Waals surface area contributed by atoms with Gasteiger partial charge < -0.3 is 0 Å². The number of nitrogens with two attached hydrogens (primary N) is 1. The van der Waals surface area contributed by atoms with Gasteiger partial charge in [0, 0.05) is 0 Å². The number of rotatable bonds is 5. The summed E-state index contributed by atoms with van der Waals surface area (Å²) in [6.07, 6.45) is 3.14. The summed E-state index contributed by atoms with van der Waals surface area (Å²) in [6.45, 7) is 0. The van der Waals surface area contributed by atoms with E-state index in [2.05, 4.69) is 9.44 Å². The first-order chi connectivity index (χ1) is 9.26. The average Bonchev–Trinajstić information content (AvgIpc) is 2.80. The first-order valence-corrected chi connectivity index (χ1v) is 9.28. The fourth-order valence-electron chi connectivity index (χ4n) is 2.26. The van der Waals surface area contributed by atoms with E-state index in [4.69, 9.17) is 5.14 Å². The van der Waals surface area contributed by atoms with Crippen molar-refractivity contribution in [1.82, 2.24) is 0 Å². The molecule has 7 nitrogen and oxygen atoms in total. The Kier molecular flexibility index (Phi) is 4.21. The van der Waals surface area contributed by atoms with Crippen molar-refractivity contribution in [2.75, 3.05) is 9.44 Å². The van der Waals surface area contributed by atoms with E-state index in [0.717, 1.165) is 12.8 Å². The quantitative estimate of drug-likeness (QED) is 0.749. The zero-order valence-electron chi connectivity index (χ0n) is 10.7. The number of hydrogen-bond acceptors (Lipinski definition) is 4. The maximum Gasteiger partial charge on any atom is 0.296 e. The lowest BCUT2D eigenvalue weighted by molar-refractivity contribution is 0.585. The lowest BCUT2D eigenvalue weighted by Gasteiger charge is -2.14. The minimum absolute atomic E-state index is 0.208. The van der Waals surface area contributed by atoms with Crippen molar-refractivity contribution in [2.24, 2.45) is 5.14 Å². The fraction of sp³-hybridized carbons (Fsp3) is 0.455. The van der Waals surface area contributed by atoms with Crippen LogP contribution < -0.4 is 14.6 Å². The van der Waals surface area contributed by atoms with Crippen LogP contribution in [0.5, 0.6) is 0 Å². The summed E-state index contributed by atoms with van der Waals surface area (Å²) in [4.78, 5) is 0. The molecule has 20 heavy (non-hydrogen) atoms. The molecule has 0 aliphatic heterocycles. The highest BCUT2D eigenvalue weighted by molar-refractivity contribution is 7.93. The second kappa shape index (κ2) is 5.58. The maximum atomic E-state index is 12.1.